The highest BCUT2D eigenvalue weighted by atomic mass is 16.1. The van der Waals surface area contributed by atoms with Crippen molar-refractivity contribution in [1.29, 1.82) is 0 Å². The number of rotatable bonds is 7. The topological polar surface area (TPSA) is 74.3 Å². The van der Waals surface area contributed by atoms with Crippen molar-refractivity contribution >= 4 is 18.0 Å². The highest BCUT2D eigenvalue weighted by Gasteiger charge is 2.18. The summed E-state index contributed by atoms with van der Waals surface area (Å²) in [4.78, 5) is 29.2. The fraction of sp³-hybridized carbons (Fsp3) is 0.588. The van der Waals surface area contributed by atoms with E-state index in [0.29, 0.717) is 24.6 Å². The van der Waals surface area contributed by atoms with E-state index in [2.05, 4.69) is 33.6 Å². The minimum atomic E-state index is -0.394. The van der Waals surface area contributed by atoms with Crippen molar-refractivity contribution in [2.24, 2.45) is 0 Å². The van der Waals surface area contributed by atoms with Crippen LogP contribution in [0.3, 0.4) is 0 Å². The molecule has 2 rings (SSSR count). The number of piperidine rings is 1. The van der Waals surface area contributed by atoms with Gasteiger partial charge in [0.1, 0.15) is 12.1 Å². The highest BCUT2D eigenvalue weighted by Crippen LogP contribution is 2.27. The van der Waals surface area contributed by atoms with Gasteiger partial charge >= 0.3 is 0 Å². The first-order chi connectivity index (χ1) is 11.1. The number of anilines is 1. The maximum absolute atomic E-state index is 11.3. The number of carbonyl (C=O) groups is 2. The van der Waals surface area contributed by atoms with Gasteiger partial charge in [-0.05, 0) is 56.9 Å². The summed E-state index contributed by atoms with van der Waals surface area (Å²) in [7, 11) is 3.74. The fourth-order valence-electron chi connectivity index (χ4n) is 2.85. The second kappa shape index (κ2) is 8.62. The molecule has 0 bridgehead atoms. The Morgan fingerprint density at radius 3 is 2.74 bits per heavy atom. The molecule has 1 amide bonds. The fourth-order valence-corrected chi connectivity index (χ4v) is 2.85. The predicted molar refractivity (Wildman–Crippen MR) is 90.5 cm³/mol. The van der Waals surface area contributed by atoms with Crippen molar-refractivity contribution < 1.29 is 9.59 Å². The first-order valence-corrected chi connectivity index (χ1v) is 8.19. The lowest BCUT2D eigenvalue weighted by Gasteiger charge is -2.29. The molecule has 0 saturated carbocycles. The molecule has 2 N–H and O–H groups in total. The summed E-state index contributed by atoms with van der Waals surface area (Å²) in [6.07, 6.45) is 5.83. The van der Waals surface area contributed by atoms with Crippen molar-refractivity contribution in [2.75, 3.05) is 32.5 Å². The third kappa shape index (κ3) is 5.32. The Balaban J connectivity index is 1.88. The SMILES string of the molecule is CNC(=O)CCC(C=O)Nc1ccc(C2CCN(C)CC2)cn1. The monoisotopic (exact) mass is 318 g/mol. The third-order valence-electron chi connectivity index (χ3n) is 4.44. The summed E-state index contributed by atoms with van der Waals surface area (Å²) in [6.45, 7) is 2.24. The minimum Gasteiger partial charge on any atom is -0.361 e. The molecular formula is C17H26N4O2. The molecule has 126 valence electrons. The lowest BCUT2D eigenvalue weighted by molar-refractivity contribution is -0.120. The van der Waals surface area contributed by atoms with E-state index in [1.165, 1.54) is 5.56 Å². The molecule has 23 heavy (non-hydrogen) atoms. The van der Waals surface area contributed by atoms with E-state index in [9.17, 15) is 9.59 Å². The molecule has 2 heterocycles. The van der Waals surface area contributed by atoms with Crippen LogP contribution in [0.25, 0.3) is 0 Å². The number of hydrogen-bond donors (Lipinski definition) is 2. The molecule has 1 aromatic heterocycles. The van der Waals surface area contributed by atoms with Crippen LogP contribution in [0.1, 0.15) is 37.2 Å². The molecule has 1 atom stereocenters. The second-order valence-corrected chi connectivity index (χ2v) is 6.15. The van der Waals surface area contributed by atoms with E-state index in [1.54, 1.807) is 7.05 Å². The van der Waals surface area contributed by atoms with E-state index in [1.807, 2.05) is 12.3 Å². The van der Waals surface area contributed by atoms with Gasteiger partial charge in [0, 0.05) is 19.7 Å². The van der Waals surface area contributed by atoms with Crippen molar-refractivity contribution in [3.05, 3.63) is 23.9 Å². The number of amides is 1. The molecule has 6 nitrogen and oxygen atoms in total. The summed E-state index contributed by atoms with van der Waals surface area (Å²) in [6, 6.07) is 3.62. The quantitative estimate of drug-likeness (QED) is 0.743. The molecule has 1 saturated heterocycles. The molecule has 1 aromatic rings. The lowest BCUT2D eigenvalue weighted by atomic mass is 9.91. The lowest BCUT2D eigenvalue weighted by Crippen LogP contribution is -2.29. The van der Waals surface area contributed by atoms with E-state index >= 15 is 0 Å². The third-order valence-corrected chi connectivity index (χ3v) is 4.44. The summed E-state index contributed by atoms with van der Waals surface area (Å²) in [5.41, 5.74) is 1.26. The maximum Gasteiger partial charge on any atom is 0.219 e. The first-order valence-electron chi connectivity index (χ1n) is 8.19. The van der Waals surface area contributed by atoms with Gasteiger partial charge in [-0.1, -0.05) is 6.07 Å². The van der Waals surface area contributed by atoms with Crippen LogP contribution < -0.4 is 10.6 Å². The van der Waals surface area contributed by atoms with E-state index < -0.39 is 6.04 Å². The van der Waals surface area contributed by atoms with Crippen LogP contribution in [0, 0.1) is 0 Å². The Morgan fingerprint density at radius 2 is 2.17 bits per heavy atom. The maximum atomic E-state index is 11.3. The molecule has 1 fully saturated rings. The van der Waals surface area contributed by atoms with Gasteiger partial charge in [0.2, 0.25) is 5.91 Å². The van der Waals surface area contributed by atoms with E-state index in [4.69, 9.17) is 0 Å². The molecule has 1 aliphatic rings. The Labute approximate surface area is 137 Å². The first kappa shape index (κ1) is 17.4. The van der Waals surface area contributed by atoms with Gasteiger partial charge in [-0.15, -0.1) is 0 Å². The van der Waals surface area contributed by atoms with Gasteiger partial charge in [-0.3, -0.25) is 4.79 Å². The summed E-state index contributed by atoms with van der Waals surface area (Å²) in [5, 5.41) is 5.63. The zero-order valence-electron chi connectivity index (χ0n) is 13.9. The van der Waals surface area contributed by atoms with Crippen molar-refractivity contribution in [2.45, 2.75) is 37.6 Å². The van der Waals surface area contributed by atoms with E-state index in [-0.39, 0.29) is 5.91 Å². The normalized spacial score (nSPS) is 17.5. The number of nitrogens with one attached hydrogen (secondary N) is 2. The molecule has 0 aromatic carbocycles. The smallest absolute Gasteiger partial charge is 0.219 e. The zero-order chi connectivity index (χ0) is 16.7. The van der Waals surface area contributed by atoms with Crippen LogP contribution in [0.15, 0.2) is 18.3 Å². The summed E-state index contributed by atoms with van der Waals surface area (Å²) in [5.74, 6) is 1.18. The number of aromatic nitrogens is 1. The van der Waals surface area contributed by atoms with Crippen LogP contribution in [0.4, 0.5) is 5.82 Å². The largest absolute Gasteiger partial charge is 0.361 e. The van der Waals surface area contributed by atoms with Crippen LogP contribution in [-0.2, 0) is 9.59 Å². The molecule has 1 unspecified atom stereocenters. The Morgan fingerprint density at radius 1 is 1.43 bits per heavy atom. The minimum absolute atomic E-state index is 0.0655. The number of aldehydes is 1. The summed E-state index contributed by atoms with van der Waals surface area (Å²) >= 11 is 0. The van der Waals surface area contributed by atoms with Gasteiger partial charge in [0.25, 0.3) is 0 Å². The average Bonchev–Trinajstić information content (AvgIpc) is 2.59. The molecule has 1 aliphatic heterocycles. The second-order valence-electron chi connectivity index (χ2n) is 6.15. The van der Waals surface area contributed by atoms with Crippen LogP contribution in [0.5, 0.6) is 0 Å². The number of carbonyl (C=O) groups excluding carboxylic acids is 2. The standard InChI is InChI=1S/C17H26N4O2/c1-18-17(23)6-4-15(12-22)20-16-5-3-14(11-19-16)13-7-9-21(2)10-8-13/h3,5,11-13,15H,4,6-10H2,1-2H3,(H,18,23)(H,19,20). The molecule has 0 radical (unpaired) electrons. The van der Waals surface area contributed by atoms with Crippen molar-refractivity contribution in [1.82, 2.24) is 15.2 Å². The van der Waals surface area contributed by atoms with Gasteiger partial charge in [0.15, 0.2) is 0 Å². The number of pyridine rings is 1. The molecule has 0 spiro atoms. The van der Waals surface area contributed by atoms with Crippen LogP contribution in [0.2, 0.25) is 0 Å². The Bertz CT molecular complexity index is 510. The number of likely N-dealkylation sites (tertiary alicyclic amines) is 1. The molecular weight excluding hydrogens is 292 g/mol. The highest BCUT2D eigenvalue weighted by molar-refractivity contribution is 5.76. The van der Waals surface area contributed by atoms with Crippen molar-refractivity contribution in [3.8, 4) is 0 Å². The predicted octanol–water partition coefficient (Wildman–Crippen LogP) is 1.40. The van der Waals surface area contributed by atoms with Gasteiger partial charge in [-0.25, -0.2) is 4.98 Å². The molecule has 0 aliphatic carbocycles. The average molecular weight is 318 g/mol. The number of nitrogens with zero attached hydrogens (tertiary/aromatic N) is 2. The van der Waals surface area contributed by atoms with Crippen LogP contribution in [-0.4, -0.2) is 55.3 Å². The van der Waals surface area contributed by atoms with Crippen LogP contribution >= 0.6 is 0 Å². The zero-order valence-corrected chi connectivity index (χ0v) is 13.9. The van der Waals surface area contributed by atoms with Gasteiger partial charge < -0.3 is 20.3 Å². The number of hydrogen-bond acceptors (Lipinski definition) is 5. The van der Waals surface area contributed by atoms with Gasteiger partial charge in [0.05, 0.1) is 6.04 Å². The molecule has 6 heteroatoms. The summed E-state index contributed by atoms with van der Waals surface area (Å²) < 4.78 is 0. The Hall–Kier alpha value is -1.95. The van der Waals surface area contributed by atoms with Gasteiger partial charge in [-0.2, -0.15) is 0 Å². The Kier molecular flexibility index (Phi) is 6.52. The van der Waals surface area contributed by atoms with E-state index in [0.717, 1.165) is 32.2 Å². The van der Waals surface area contributed by atoms with Crippen molar-refractivity contribution in [3.63, 3.8) is 0 Å².